The molecule has 17 heavy (non-hydrogen) atoms. The molecule has 2 heteroatoms. The minimum atomic E-state index is 0.958. The van der Waals surface area contributed by atoms with Gasteiger partial charge < -0.3 is 10.2 Å². The Morgan fingerprint density at radius 3 is 3.00 bits per heavy atom. The van der Waals surface area contributed by atoms with Gasteiger partial charge in [0.25, 0.3) is 0 Å². The van der Waals surface area contributed by atoms with Crippen LogP contribution in [0.15, 0.2) is 29.8 Å². The second kappa shape index (κ2) is 5.37. The van der Waals surface area contributed by atoms with Crippen LogP contribution in [-0.2, 0) is 13.0 Å². The third-order valence-corrected chi connectivity index (χ3v) is 3.26. The zero-order valence-electron chi connectivity index (χ0n) is 11.1. The van der Waals surface area contributed by atoms with Crippen molar-refractivity contribution in [3.05, 3.63) is 41.0 Å². The van der Waals surface area contributed by atoms with Gasteiger partial charge in [-0.05, 0) is 37.5 Å². The molecule has 0 aliphatic carbocycles. The highest BCUT2D eigenvalue weighted by Gasteiger charge is 2.14. The fourth-order valence-electron chi connectivity index (χ4n) is 2.22. The lowest BCUT2D eigenvalue weighted by Gasteiger charge is -2.12. The maximum absolute atomic E-state index is 3.45. The average Bonchev–Trinajstić information content (AvgIpc) is 2.66. The minimum Gasteiger partial charge on any atom is -0.374 e. The summed E-state index contributed by atoms with van der Waals surface area (Å²) in [5.74, 6) is 0. The molecule has 0 aromatic heterocycles. The van der Waals surface area contributed by atoms with Gasteiger partial charge in [0.15, 0.2) is 0 Å². The van der Waals surface area contributed by atoms with E-state index in [0.717, 1.165) is 19.6 Å². The maximum atomic E-state index is 3.45. The van der Waals surface area contributed by atoms with Crippen LogP contribution in [-0.4, -0.2) is 20.1 Å². The lowest BCUT2D eigenvalue weighted by Crippen LogP contribution is -2.13. The quantitative estimate of drug-likeness (QED) is 0.632. The van der Waals surface area contributed by atoms with E-state index in [4.69, 9.17) is 0 Å². The SMILES string of the molecule is CC(C)=CCNCc1ccc2c(c1)CCN2C. The van der Waals surface area contributed by atoms with E-state index in [9.17, 15) is 0 Å². The van der Waals surface area contributed by atoms with Gasteiger partial charge in [0.1, 0.15) is 0 Å². The van der Waals surface area contributed by atoms with Crippen LogP contribution < -0.4 is 10.2 Å². The number of anilines is 1. The highest BCUT2D eigenvalue weighted by atomic mass is 15.1. The summed E-state index contributed by atoms with van der Waals surface area (Å²) in [4.78, 5) is 2.33. The first kappa shape index (κ1) is 12.2. The number of likely N-dealkylation sites (N-methyl/N-ethyl adjacent to an activating group) is 1. The summed E-state index contributed by atoms with van der Waals surface area (Å²) in [6.07, 6.45) is 3.41. The first-order valence-corrected chi connectivity index (χ1v) is 6.34. The van der Waals surface area contributed by atoms with Crippen LogP contribution >= 0.6 is 0 Å². The van der Waals surface area contributed by atoms with E-state index in [2.05, 4.69) is 55.4 Å². The molecular weight excluding hydrogens is 208 g/mol. The standard InChI is InChI=1S/C15H22N2/c1-12(2)6-8-16-11-13-4-5-15-14(10-13)7-9-17(15)3/h4-6,10,16H,7-9,11H2,1-3H3. The summed E-state index contributed by atoms with van der Waals surface area (Å²) in [5.41, 5.74) is 5.65. The fourth-order valence-corrected chi connectivity index (χ4v) is 2.22. The molecule has 1 aliphatic heterocycles. The number of benzene rings is 1. The molecule has 1 aromatic rings. The highest BCUT2D eigenvalue weighted by molar-refractivity contribution is 5.58. The zero-order valence-corrected chi connectivity index (χ0v) is 11.1. The second-order valence-electron chi connectivity index (χ2n) is 5.05. The molecule has 2 nitrogen and oxygen atoms in total. The summed E-state index contributed by atoms with van der Waals surface area (Å²) < 4.78 is 0. The van der Waals surface area contributed by atoms with E-state index in [1.807, 2.05) is 0 Å². The number of fused-ring (bicyclic) bond motifs is 1. The molecule has 0 radical (unpaired) electrons. The van der Waals surface area contributed by atoms with Gasteiger partial charge >= 0.3 is 0 Å². The number of nitrogens with zero attached hydrogens (tertiary/aromatic N) is 1. The molecule has 1 heterocycles. The monoisotopic (exact) mass is 230 g/mol. The van der Waals surface area contributed by atoms with Gasteiger partial charge in [-0.1, -0.05) is 23.8 Å². The van der Waals surface area contributed by atoms with Gasteiger partial charge in [-0.25, -0.2) is 0 Å². The largest absolute Gasteiger partial charge is 0.374 e. The van der Waals surface area contributed by atoms with Crippen molar-refractivity contribution in [1.29, 1.82) is 0 Å². The van der Waals surface area contributed by atoms with Gasteiger partial charge in [0.05, 0.1) is 0 Å². The lowest BCUT2D eigenvalue weighted by molar-refractivity contribution is 0.756. The van der Waals surface area contributed by atoms with Crippen molar-refractivity contribution >= 4 is 5.69 Å². The number of nitrogens with one attached hydrogen (secondary N) is 1. The third kappa shape index (κ3) is 3.10. The van der Waals surface area contributed by atoms with Gasteiger partial charge in [0, 0.05) is 32.4 Å². The minimum absolute atomic E-state index is 0.958. The highest BCUT2D eigenvalue weighted by Crippen LogP contribution is 2.27. The van der Waals surface area contributed by atoms with E-state index in [1.165, 1.54) is 28.8 Å². The first-order chi connectivity index (χ1) is 8.16. The van der Waals surface area contributed by atoms with Crippen LogP contribution in [0.5, 0.6) is 0 Å². The van der Waals surface area contributed by atoms with Crippen molar-refractivity contribution in [2.45, 2.75) is 26.8 Å². The van der Waals surface area contributed by atoms with Gasteiger partial charge in [-0.3, -0.25) is 0 Å². The van der Waals surface area contributed by atoms with E-state index in [0.29, 0.717) is 0 Å². The van der Waals surface area contributed by atoms with Crippen LogP contribution in [0.4, 0.5) is 5.69 Å². The molecule has 1 N–H and O–H groups in total. The Morgan fingerprint density at radius 1 is 1.41 bits per heavy atom. The third-order valence-electron chi connectivity index (χ3n) is 3.26. The second-order valence-corrected chi connectivity index (χ2v) is 5.05. The average molecular weight is 230 g/mol. The Balaban J connectivity index is 1.93. The molecule has 92 valence electrons. The summed E-state index contributed by atoms with van der Waals surface area (Å²) in [5, 5.41) is 3.45. The Kier molecular flexibility index (Phi) is 3.85. The molecule has 2 rings (SSSR count). The molecule has 1 aromatic carbocycles. The van der Waals surface area contributed by atoms with Crippen LogP contribution in [0.3, 0.4) is 0 Å². The van der Waals surface area contributed by atoms with Gasteiger partial charge in [0.2, 0.25) is 0 Å². The molecule has 0 atom stereocenters. The Morgan fingerprint density at radius 2 is 2.24 bits per heavy atom. The van der Waals surface area contributed by atoms with Crippen molar-refractivity contribution in [1.82, 2.24) is 5.32 Å². The van der Waals surface area contributed by atoms with Crippen LogP contribution in [0, 0.1) is 0 Å². The van der Waals surface area contributed by atoms with E-state index < -0.39 is 0 Å². The summed E-state index contributed by atoms with van der Waals surface area (Å²) in [6.45, 7) is 7.34. The van der Waals surface area contributed by atoms with E-state index in [1.54, 1.807) is 0 Å². The predicted octanol–water partition coefficient (Wildman–Crippen LogP) is 2.73. The van der Waals surface area contributed by atoms with Crippen LogP contribution in [0.25, 0.3) is 0 Å². The smallest absolute Gasteiger partial charge is 0.0397 e. The molecule has 0 spiro atoms. The maximum Gasteiger partial charge on any atom is 0.0397 e. The molecule has 0 saturated carbocycles. The van der Waals surface area contributed by atoms with Gasteiger partial charge in [-0.2, -0.15) is 0 Å². The number of rotatable bonds is 4. The normalized spacial score (nSPS) is 13.7. The number of hydrogen-bond acceptors (Lipinski definition) is 2. The fraction of sp³-hybridized carbons (Fsp3) is 0.467. The Bertz CT molecular complexity index is 417. The molecule has 0 saturated heterocycles. The Labute approximate surface area is 104 Å². The van der Waals surface area contributed by atoms with Crippen molar-refractivity contribution < 1.29 is 0 Å². The van der Waals surface area contributed by atoms with Gasteiger partial charge in [-0.15, -0.1) is 0 Å². The summed E-state index contributed by atoms with van der Waals surface area (Å²) in [6, 6.07) is 6.82. The molecular formula is C15H22N2. The first-order valence-electron chi connectivity index (χ1n) is 6.34. The molecule has 1 aliphatic rings. The lowest BCUT2D eigenvalue weighted by atomic mass is 10.1. The van der Waals surface area contributed by atoms with Crippen molar-refractivity contribution in [2.24, 2.45) is 0 Å². The molecule has 0 amide bonds. The number of hydrogen-bond donors (Lipinski definition) is 1. The summed E-state index contributed by atoms with van der Waals surface area (Å²) >= 11 is 0. The molecule has 0 fully saturated rings. The molecule has 0 bridgehead atoms. The topological polar surface area (TPSA) is 15.3 Å². The van der Waals surface area contributed by atoms with Crippen molar-refractivity contribution in [2.75, 3.05) is 25.0 Å². The molecule has 0 unspecified atom stereocenters. The summed E-state index contributed by atoms with van der Waals surface area (Å²) in [7, 11) is 2.17. The van der Waals surface area contributed by atoms with Crippen LogP contribution in [0.2, 0.25) is 0 Å². The predicted molar refractivity (Wildman–Crippen MR) is 74.6 cm³/mol. The Hall–Kier alpha value is -1.28. The van der Waals surface area contributed by atoms with Crippen molar-refractivity contribution in [3.8, 4) is 0 Å². The van der Waals surface area contributed by atoms with E-state index >= 15 is 0 Å². The number of allylic oxidation sites excluding steroid dienone is 1. The van der Waals surface area contributed by atoms with E-state index in [-0.39, 0.29) is 0 Å². The zero-order chi connectivity index (χ0) is 12.3. The van der Waals surface area contributed by atoms with Crippen LogP contribution in [0.1, 0.15) is 25.0 Å². The van der Waals surface area contributed by atoms with Crippen molar-refractivity contribution in [3.63, 3.8) is 0 Å².